The summed E-state index contributed by atoms with van der Waals surface area (Å²) in [4.78, 5) is 33.1. The van der Waals surface area contributed by atoms with Crippen LogP contribution in [0.4, 0.5) is 0 Å². The quantitative estimate of drug-likeness (QED) is 0.329. The molecule has 35 heavy (non-hydrogen) atoms. The zero-order chi connectivity index (χ0) is 25.1. The van der Waals surface area contributed by atoms with Crippen LogP contribution in [0, 0.1) is 12.8 Å². The zero-order valence-electron chi connectivity index (χ0n) is 21.7. The van der Waals surface area contributed by atoms with E-state index in [4.69, 9.17) is 0 Å². The Balaban J connectivity index is 1.79. The topological polar surface area (TPSA) is 65.2 Å². The van der Waals surface area contributed by atoms with E-state index in [1.165, 1.54) is 0 Å². The minimum atomic E-state index is -0.549. The van der Waals surface area contributed by atoms with Gasteiger partial charge in [0.15, 0.2) is 0 Å². The van der Waals surface area contributed by atoms with Crippen LogP contribution in [0.2, 0.25) is 0 Å². The van der Waals surface area contributed by atoms with E-state index >= 15 is 0 Å². The normalized spacial score (nSPS) is 17.9. The van der Waals surface area contributed by atoms with Crippen molar-refractivity contribution in [1.82, 2.24) is 15.2 Å². The lowest BCUT2D eigenvalue weighted by molar-refractivity contribution is -0.128. The van der Waals surface area contributed by atoms with Crippen molar-refractivity contribution in [1.29, 1.82) is 0 Å². The number of nitrogens with zero attached hydrogens (tertiary/aromatic N) is 1. The molecule has 4 atom stereocenters. The number of aromatic amines is 1. The lowest BCUT2D eigenvalue weighted by Gasteiger charge is -2.37. The first-order chi connectivity index (χ1) is 16.9. The van der Waals surface area contributed by atoms with Crippen molar-refractivity contribution in [3.8, 4) is 0 Å². The van der Waals surface area contributed by atoms with Crippen molar-refractivity contribution in [2.45, 2.75) is 84.8 Å². The Kier molecular flexibility index (Phi) is 7.63. The maximum Gasteiger partial charge on any atom is 0.255 e. The number of para-hydroxylation sites is 1. The van der Waals surface area contributed by atoms with Crippen LogP contribution in [-0.2, 0) is 4.79 Å². The van der Waals surface area contributed by atoms with Gasteiger partial charge in [-0.2, -0.15) is 0 Å². The third-order valence-corrected chi connectivity index (χ3v) is 7.60. The highest BCUT2D eigenvalue weighted by atomic mass is 16.2. The van der Waals surface area contributed by atoms with Gasteiger partial charge >= 0.3 is 0 Å². The Bertz CT molecular complexity index is 1200. The van der Waals surface area contributed by atoms with Gasteiger partial charge in [-0.15, -0.1) is 0 Å². The van der Waals surface area contributed by atoms with Crippen molar-refractivity contribution in [2.75, 3.05) is 0 Å². The fraction of sp³-hybridized carbons (Fsp3) is 0.467. The van der Waals surface area contributed by atoms with Gasteiger partial charge in [-0.1, -0.05) is 82.9 Å². The second-order valence-electron chi connectivity index (χ2n) is 10.1. The van der Waals surface area contributed by atoms with Gasteiger partial charge in [-0.25, -0.2) is 0 Å². The molecule has 0 saturated heterocycles. The SMILES string of the molecule is CCCCCC(C)NC(=O)C(C(C)CC)N1C(=O)c2ccccc2C1c1c(C)[nH]c2ccccc12. The number of aromatic nitrogens is 1. The summed E-state index contributed by atoms with van der Waals surface area (Å²) >= 11 is 0. The maximum absolute atomic E-state index is 13.9. The average molecular weight is 474 g/mol. The molecule has 1 aliphatic heterocycles. The van der Waals surface area contributed by atoms with Crippen LogP contribution in [0.3, 0.4) is 0 Å². The summed E-state index contributed by atoms with van der Waals surface area (Å²) in [6.45, 7) is 10.5. The van der Waals surface area contributed by atoms with E-state index in [2.05, 4.69) is 57.1 Å². The standard InChI is InChI=1S/C30H39N3O2/c1-6-8-9-14-20(4)31-29(34)27(19(3)7-2)33-28(22-15-10-11-16-23(22)30(33)35)26-21(5)32-25-18-13-12-17-24(25)26/h10-13,15-20,27-28,32H,6-9,14H2,1-5H3,(H,31,34). The zero-order valence-corrected chi connectivity index (χ0v) is 21.7. The second-order valence-corrected chi connectivity index (χ2v) is 10.1. The lowest BCUT2D eigenvalue weighted by atomic mass is 9.91. The van der Waals surface area contributed by atoms with E-state index in [0.717, 1.165) is 59.8 Å². The van der Waals surface area contributed by atoms with Crippen LogP contribution in [-0.4, -0.2) is 33.8 Å². The summed E-state index contributed by atoms with van der Waals surface area (Å²) in [7, 11) is 0. The number of rotatable bonds is 10. The Labute approximate surface area is 209 Å². The molecule has 0 fully saturated rings. The molecular formula is C30H39N3O2. The van der Waals surface area contributed by atoms with Gasteiger partial charge in [0.2, 0.25) is 5.91 Å². The molecule has 1 aromatic heterocycles. The molecule has 0 aliphatic carbocycles. The molecule has 4 rings (SSSR count). The summed E-state index contributed by atoms with van der Waals surface area (Å²) in [6.07, 6.45) is 5.17. The summed E-state index contributed by atoms with van der Waals surface area (Å²) in [5, 5.41) is 4.35. The minimum absolute atomic E-state index is 0.0177. The van der Waals surface area contributed by atoms with Crippen LogP contribution >= 0.6 is 0 Å². The molecular weight excluding hydrogens is 434 g/mol. The highest BCUT2D eigenvalue weighted by Gasteiger charge is 2.46. The van der Waals surface area contributed by atoms with Crippen LogP contribution in [0.1, 0.15) is 93.0 Å². The number of nitrogens with one attached hydrogen (secondary N) is 2. The van der Waals surface area contributed by atoms with E-state index in [9.17, 15) is 9.59 Å². The number of H-pyrrole nitrogens is 1. The third-order valence-electron chi connectivity index (χ3n) is 7.60. The van der Waals surface area contributed by atoms with Crippen molar-refractivity contribution >= 4 is 22.7 Å². The number of fused-ring (bicyclic) bond motifs is 2. The summed E-state index contributed by atoms with van der Waals surface area (Å²) in [5.41, 5.74) is 4.82. The predicted molar refractivity (Wildman–Crippen MR) is 142 cm³/mol. The van der Waals surface area contributed by atoms with Crippen LogP contribution < -0.4 is 5.32 Å². The molecule has 2 aromatic carbocycles. The number of amides is 2. The average Bonchev–Trinajstić information content (AvgIpc) is 3.32. The van der Waals surface area contributed by atoms with Gasteiger partial charge in [0, 0.05) is 33.8 Å². The Morgan fingerprint density at radius 3 is 2.51 bits per heavy atom. The second kappa shape index (κ2) is 10.7. The number of carbonyl (C=O) groups is 2. The van der Waals surface area contributed by atoms with Crippen molar-refractivity contribution in [3.63, 3.8) is 0 Å². The molecule has 2 heterocycles. The molecule has 186 valence electrons. The molecule has 5 heteroatoms. The molecule has 0 spiro atoms. The van der Waals surface area contributed by atoms with Gasteiger partial charge < -0.3 is 15.2 Å². The molecule has 0 radical (unpaired) electrons. The van der Waals surface area contributed by atoms with Crippen LogP contribution in [0.25, 0.3) is 10.9 Å². The minimum Gasteiger partial charge on any atom is -0.358 e. The molecule has 1 aliphatic rings. The molecule has 2 N–H and O–H groups in total. The molecule has 2 amide bonds. The van der Waals surface area contributed by atoms with Crippen LogP contribution in [0.15, 0.2) is 48.5 Å². The van der Waals surface area contributed by atoms with Gasteiger partial charge in [0.1, 0.15) is 6.04 Å². The smallest absolute Gasteiger partial charge is 0.255 e. The van der Waals surface area contributed by atoms with Crippen LogP contribution in [0.5, 0.6) is 0 Å². The number of aryl methyl sites for hydroxylation is 1. The predicted octanol–water partition coefficient (Wildman–Crippen LogP) is 6.52. The van der Waals surface area contributed by atoms with Gasteiger partial charge in [0.05, 0.1) is 6.04 Å². The van der Waals surface area contributed by atoms with E-state index in [0.29, 0.717) is 5.56 Å². The number of hydrogen-bond donors (Lipinski definition) is 2. The Morgan fingerprint density at radius 2 is 1.77 bits per heavy atom. The van der Waals surface area contributed by atoms with Gasteiger partial charge in [-0.3, -0.25) is 9.59 Å². The first-order valence-corrected chi connectivity index (χ1v) is 13.2. The summed E-state index contributed by atoms with van der Waals surface area (Å²) in [6, 6.07) is 15.3. The van der Waals surface area contributed by atoms with E-state index in [-0.39, 0.29) is 29.8 Å². The van der Waals surface area contributed by atoms with E-state index in [1.54, 1.807) is 0 Å². The van der Waals surface area contributed by atoms with Gasteiger partial charge in [-0.05, 0) is 43.9 Å². The molecule has 0 saturated carbocycles. The maximum atomic E-state index is 13.9. The Morgan fingerprint density at radius 1 is 1.06 bits per heavy atom. The summed E-state index contributed by atoms with van der Waals surface area (Å²) in [5.74, 6) is -0.0921. The van der Waals surface area contributed by atoms with E-state index in [1.807, 2.05) is 41.3 Å². The largest absolute Gasteiger partial charge is 0.358 e. The molecule has 0 bridgehead atoms. The molecule has 4 unspecified atom stereocenters. The number of benzene rings is 2. The van der Waals surface area contributed by atoms with Crippen molar-refractivity contribution < 1.29 is 9.59 Å². The van der Waals surface area contributed by atoms with E-state index < -0.39 is 6.04 Å². The highest BCUT2D eigenvalue weighted by Crippen LogP contribution is 2.44. The molecule has 3 aromatic rings. The first kappa shape index (κ1) is 25.0. The Hall–Kier alpha value is -3.08. The van der Waals surface area contributed by atoms with Gasteiger partial charge in [0.25, 0.3) is 5.91 Å². The van der Waals surface area contributed by atoms with Crippen molar-refractivity contribution in [3.05, 3.63) is 70.9 Å². The number of unbranched alkanes of at least 4 members (excludes halogenated alkanes) is 2. The number of hydrogen-bond acceptors (Lipinski definition) is 2. The fourth-order valence-electron chi connectivity index (χ4n) is 5.55. The fourth-order valence-corrected chi connectivity index (χ4v) is 5.55. The monoisotopic (exact) mass is 473 g/mol. The summed E-state index contributed by atoms with van der Waals surface area (Å²) < 4.78 is 0. The number of carbonyl (C=O) groups excluding carboxylic acids is 2. The highest BCUT2D eigenvalue weighted by molar-refractivity contribution is 6.03. The lowest BCUT2D eigenvalue weighted by Crippen LogP contribution is -2.53. The van der Waals surface area contributed by atoms with Crippen molar-refractivity contribution in [2.24, 2.45) is 5.92 Å². The first-order valence-electron chi connectivity index (χ1n) is 13.2. The molecule has 5 nitrogen and oxygen atoms in total. The third kappa shape index (κ3) is 4.73.